The summed E-state index contributed by atoms with van der Waals surface area (Å²) in [4.78, 5) is 22.6. The molecule has 4 amide bonds. The second-order valence-electron chi connectivity index (χ2n) is 4.54. The van der Waals surface area contributed by atoms with Gasteiger partial charge < -0.3 is 21.3 Å². The summed E-state index contributed by atoms with van der Waals surface area (Å²) in [6.07, 6.45) is 3.94. The van der Waals surface area contributed by atoms with Gasteiger partial charge in [-0.05, 0) is 12.8 Å². The maximum Gasteiger partial charge on any atom is 0.318 e. The van der Waals surface area contributed by atoms with Crippen molar-refractivity contribution in [3.63, 3.8) is 0 Å². The van der Waals surface area contributed by atoms with Crippen molar-refractivity contribution in [2.75, 3.05) is 0 Å². The molecule has 1 spiro atoms. The van der Waals surface area contributed by atoms with Crippen LogP contribution >= 0.6 is 0 Å². The Labute approximate surface area is 87.2 Å². The van der Waals surface area contributed by atoms with Crippen LogP contribution in [0, 0.1) is 5.41 Å². The molecule has 1 aliphatic carbocycles. The summed E-state index contributed by atoms with van der Waals surface area (Å²) in [5.41, 5.74) is -0.0399. The predicted molar refractivity (Wildman–Crippen MR) is 51.8 cm³/mol. The zero-order valence-electron chi connectivity index (χ0n) is 8.30. The Balaban J connectivity index is 1.95. The van der Waals surface area contributed by atoms with Crippen LogP contribution in [0.1, 0.15) is 25.7 Å². The van der Waals surface area contributed by atoms with Crippen molar-refractivity contribution in [2.24, 2.45) is 5.41 Å². The molecule has 0 aromatic carbocycles. The first-order chi connectivity index (χ1) is 7.21. The van der Waals surface area contributed by atoms with E-state index in [0.717, 1.165) is 25.7 Å². The van der Waals surface area contributed by atoms with E-state index >= 15 is 0 Å². The van der Waals surface area contributed by atoms with Gasteiger partial charge in [0.25, 0.3) is 0 Å². The average molecular weight is 210 g/mol. The highest BCUT2D eigenvalue weighted by Crippen LogP contribution is 2.44. The number of hydrogen-bond acceptors (Lipinski definition) is 2. The Kier molecular flexibility index (Phi) is 1.63. The molecule has 3 aliphatic rings. The van der Waals surface area contributed by atoms with Crippen LogP contribution in [-0.4, -0.2) is 24.4 Å². The van der Waals surface area contributed by atoms with Crippen molar-refractivity contribution < 1.29 is 9.59 Å². The number of amides is 4. The fraction of sp³-hybridized carbons (Fsp3) is 0.778. The second kappa shape index (κ2) is 2.77. The molecule has 4 N–H and O–H groups in total. The summed E-state index contributed by atoms with van der Waals surface area (Å²) in [5, 5.41) is 11.2. The van der Waals surface area contributed by atoms with Gasteiger partial charge in [-0.25, -0.2) is 9.59 Å². The van der Waals surface area contributed by atoms with Crippen molar-refractivity contribution >= 4 is 12.1 Å². The molecule has 6 nitrogen and oxygen atoms in total. The molecular formula is C9H14N4O2. The van der Waals surface area contributed by atoms with Crippen LogP contribution in [-0.2, 0) is 0 Å². The van der Waals surface area contributed by atoms with Gasteiger partial charge >= 0.3 is 12.1 Å². The minimum absolute atomic E-state index is 0.0399. The van der Waals surface area contributed by atoms with Crippen molar-refractivity contribution in [1.29, 1.82) is 0 Å². The lowest BCUT2D eigenvalue weighted by molar-refractivity contribution is 0.0563. The lowest BCUT2D eigenvalue weighted by Crippen LogP contribution is -2.79. The van der Waals surface area contributed by atoms with E-state index in [2.05, 4.69) is 21.3 Å². The summed E-state index contributed by atoms with van der Waals surface area (Å²) < 4.78 is 0. The van der Waals surface area contributed by atoms with Gasteiger partial charge in [0.15, 0.2) is 0 Å². The quantitative estimate of drug-likeness (QED) is 0.447. The summed E-state index contributed by atoms with van der Waals surface area (Å²) in [5.74, 6) is 0. The van der Waals surface area contributed by atoms with E-state index < -0.39 is 0 Å². The van der Waals surface area contributed by atoms with Gasteiger partial charge in [0.05, 0.1) is 0 Å². The summed E-state index contributed by atoms with van der Waals surface area (Å²) in [6.45, 7) is 0. The van der Waals surface area contributed by atoms with Crippen molar-refractivity contribution in [3.8, 4) is 0 Å². The van der Waals surface area contributed by atoms with Crippen LogP contribution < -0.4 is 21.3 Å². The highest BCUT2D eigenvalue weighted by Gasteiger charge is 2.55. The molecule has 3 fully saturated rings. The van der Waals surface area contributed by atoms with E-state index in [4.69, 9.17) is 0 Å². The van der Waals surface area contributed by atoms with Gasteiger partial charge in [-0.1, -0.05) is 12.8 Å². The molecule has 2 aliphatic heterocycles. The third-order valence-electron chi connectivity index (χ3n) is 3.79. The van der Waals surface area contributed by atoms with Crippen LogP contribution in [0.4, 0.5) is 9.59 Å². The maximum absolute atomic E-state index is 11.3. The van der Waals surface area contributed by atoms with Crippen molar-refractivity contribution in [3.05, 3.63) is 0 Å². The smallest absolute Gasteiger partial charge is 0.317 e. The van der Waals surface area contributed by atoms with Crippen LogP contribution in [0.3, 0.4) is 0 Å². The van der Waals surface area contributed by atoms with Gasteiger partial charge in [-0.3, -0.25) is 0 Å². The highest BCUT2D eigenvalue weighted by molar-refractivity contribution is 5.82. The normalized spacial score (nSPS) is 36.5. The van der Waals surface area contributed by atoms with E-state index in [-0.39, 0.29) is 29.8 Å². The Morgan fingerprint density at radius 1 is 0.867 bits per heavy atom. The van der Waals surface area contributed by atoms with Crippen LogP contribution in [0.15, 0.2) is 0 Å². The van der Waals surface area contributed by atoms with Crippen LogP contribution in [0.25, 0.3) is 0 Å². The highest BCUT2D eigenvalue weighted by atomic mass is 16.2. The molecule has 82 valence electrons. The maximum atomic E-state index is 11.3. The molecule has 0 unspecified atom stereocenters. The van der Waals surface area contributed by atoms with E-state index in [1.807, 2.05) is 0 Å². The molecule has 1 saturated carbocycles. The van der Waals surface area contributed by atoms with Crippen LogP contribution in [0.5, 0.6) is 0 Å². The van der Waals surface area contributed by atoms with E-state index in [9.17, 15) is 9.59 Å². The van der Waals surface area contributed by atoms with Gasteiger partial charge in [0.2, 0.25) is 0 Å². The number of nitrogens with one attached hydrogen (secondary N) is 4. The number of hydrogen-bond donors (Lipinski definition) is 4. The van der Waals surface area contributed by atoms with Gasteiger partial charge in [-0.2, -0.15) is 0 Å². The molecule has 0 aromatic heterocycles. The molecule has 2 bridgehead atoms. The van der Waals surface area contributed by atoms with E-state index in [1.165, 1.54) is 0 Å². The average Bonchev–Trinajstić information content (AvgIpc) is 2.60. The molecule has 2 saturated heterocycles. The molecule has 0 aromatic rings. The largest absolute Gasteiger partial charge is 0.318 e. The lowest BCUT2D eigenvalue weighted by atomic mass is 9.77. The molecule has 3 rings (SSSR count). The van der Waals surface area contributed by atoms with Gasteiger partial charge in [0.1, 0.15) is 12.3 Å². The molecule has 6 heteroatoms. The van der Waals surface area contributed by atoms with E-state index in [0.29, 0.717) is 0 Å². The molecular weight excluding hydrogens is 196 g/mol. The number of carbonyl (C=O) groups excluding carboxylic acids is 2. The first-order valence-corrected chi connectivity index (χ1v) is 5.35. The predicted octanol–water partition coefficient (Wildman–Crippen LogP) is -0.175. The SMILES string of the molecule is O=C1NC2NC(=O)NC(N1)C21CCCC1. The third kappa shape index (κ3) is 1.10. The third-order valence-corrected chi connectivity index (χ3v) is 3.79. The zero-order chi connectivity index (χ0) is 10.5. The van der Waals surface area contributed by atoms with Crippen LogP contribution in [0.2, 0.25) is 0 Å². The fourth-order valence-corrected chi connectivity index (χ4v) is 3.03. The molecule has 2 heterocycles. The monoisotopic (exact) mass is 210 g/mol. The lowest BCUT2D eigenvalue weighted by Gasteiger charge is -2.51. The number of urea groups is 2. The Bertz CT molecular complexity index is 282. The molecule has 15 heavy (non-hydrogen) atoms. The minimum Gasteiger partial charge on any atom is -0.317 e. The summed E-state index contributed by atoms with van der Waals surface area (Å²) >= 11 is 0. The fourth-order valence-electron chi connectivity index (χ4n) is 3.03. The molecule has 0 atom stereocenters. The number of rotatable bonds is 0. The van der Waals surface area contributed by atoms with Gasteiger partial charge in [-0.15, -0.1) is 0 Å². The Hall–Kier alpha value is -1.46. The summed E-state index contributed by atoms with van der Waals surface area (Å²) in [6, 6.07) is -0.426. The molecule has 0 radical (unpaired) electrons. The van der Waals surface area contributed by atoms with E-state index in [1.54, 1.807) is 0 Å². The standard InChI is InChI=1S/C9H14N4O2/c14-7-10-5-9(3-1-2-4-9)6(12-7)13-8(15)11-5/h5-6H,1-4H2,(H2,10,12,14)(H2,11,13,15). The van der Waals surface area contributed by atoms with Crippen molar-refractivity contribution in [1.82, 2.24) is 21.3 Å². The first kappa shape index (κ1) is 8.82. The second-order valence-corrected chi connectivity index (χ2v) is 4.54. The summed E-state index contributed by atoms with van der Waals surface area (Å²) in [7, 11) is 0. The zero-order valence-corrected chi connectivity index (χ0v) is 8.30. The van der Waals surface area contributed by atoms with Gasteiger partial charge in [0, 0.05) is 5.41 Å². The van der Waals surface area contributed by atoms with Crippen molar-refractivity contribution in [2.45, 2.75) is 38.0 Å². The Morgan fingerprint density at radius 2 is 1.27 bits per heavy atom. The topological polar surface area (TPSA) is 82.3 Å². The minimum atomic E-state index is -0.215. The Morgan fingerprint density at radius 3 is 1.67 bits per heavy atom. The first-order valence-electron chi connectivity index (χ1n) is 5.35. The number of carbonyl (C=O) groups is 2.